The number of furan rings is 1. The summed E-state index contributed by atoms with van der Waals surface area (Å²) in [4.78, 5) is 28.2. The number of fused-ring (bicyclic) bond motifs is 1. The lowest BCUT2D eigenvalue weighted by Crippen LogP contribution is -2.31. The molecule has 3 aromatic carbocycles. The molecule has 0 saturated carbocycles. The number of hydrogen-bond acceptors (Lipinski definition) is 5. The summed E-state index contributed by atoms with van der Waals surface area (Å²) in [5.41, 5.74) is 1.78. The number of aliphatic hydroxyl groups excluding tert-OH is 1. The van der Waals surface area contributed by atoms with Crippen LogP contribution in [-0.4, -0.2) is 23.4 Å². The van der Waals surface area contributed by atoms with Crippen molar-refractivity contribution in [3.05, 3.63) is 108 Å². The van der Waals surface area contributed by atoms with E-state index in [-0.39, 0.29) is 11.3 Å². The Morgan fingerprint density at radius 2 is 1.70 bits per heavy atom. The molecule has 1 aliphatic rings. The van der Waals surface area contributed by atoms with Crippen molar-refractivity contribution in [2.75, 3.05) is 11.5 Å². The fourth-order valence-electron chi connectivity index (χ4n) is 4.15. The second-order valence-corrected chi connectivity index (χ2v) is 7.66. The minimum Gasteiger partial charge on any atom is -0.503 e. The van der Waals surface area contributed by atoms with Crippen LogP contribution in [0.1, 0.15) is 29.1 Å². The number of amides is 1. The molecule has 1 atom stereocenters. The first-order valence-electron chi connectivity index (χ1n) is 10.7. The molecule has 33 heavy (non-hydrogen) atoms. The quantitative estimate of drug-likeness (QED) is 0.395. The molecular formula is C27H21NO5. The Balaban J connectivity index is 1.61. The van der Waals surface area contributed by atoms with Crippen LogP contribution in [0.25, 0.3) is 11.0 Å². The van der Waals surface area contributed by atoms with Gasteiger partial charge in [-0.05, 0) is 48.9 Å². The Bertz CT molecular complexity index is 1340. The number of aliphatic hydroxyl groups is 1. The molecule has 0 aliphatic carbocycles. The van der Waals surface area contributed by atoms with E-state index in [0.717, 1.165) is 5.39 Å². The fourth-order valence-corrected chi connectivity index (χ4v) is 4.15. The van der Waals surface area contributed by atoms with E-state index in [4.69, 9.17) is 9.15 Å². The second kappa shape index (κ2) is 8.31. The van der Waals surface area contributed by atoms with Crippen LogP contribution in [0.2, 0.25) is 0 Å². The molecule has 1 aliphatic heterocycles. The second-order valence-electron chi connectivity index (χ2n) is 7.66. The van der Waals surface area contributed by atoms with E-state index >= 15 is 0 Å². The van der Waals surface area contributed by atoms with Gasteiger partial charge in [-0.15, -0.1) is 0 Å². The average Bonchev–Trinajstić information content (AvgIpc) is 3.39. The van der Waals surface area contributed by atoms with E-state index in [1.807, 2.05) is 55.5 Å². The molecule has 164 valence electrons. The molecular weight excluding hydrogens is 418 g/mol. The Kier molecular flexibility index (Phi) is 5.18. The lowest BCUT2D eigenvalue weighted by molar-refractivity contribution is -0.117. The van der Waals surface area contributed by atoms with E-state index in [9.17, 15) is 14.7 Å². The van der Waals surface area contributed by atoms with Crippen molar-refractivity contribution in [3.63, 3.8) is 0 Å². The van der Waals surface area contributed by atoms with Gasteiger partial charge in [0.05, 0.1) is 18.2 Å². The van der Waals surface area contributed by atoms with Crippen LogP contribution in [0.5, 0.6) is 5.75 Å². The summed E-state index contributed by atoms with van der Waals surface area (Å²) in [6.07, 6.45) is 0. The molecule has 1 amide bonds. The van der Waals surface area contributed by atoms with Gasteiger partial charge < -0.3 is 14.3 Å². The van der Waals surface area contributed by atoms with E-state index in [1.165, 1.54) is 4.90 Å². The molecule has 0 fully saturated rings. The number of carbonyl (C=O) groups is 2. The zero-order valence-corrected chi connectivity index (χ0v) is 17.9. The molecule has 4 aromatic rings. The van der Waals surface area contributed by atoms with Crippen LogP contribution in [0, 0.1) is 0 Å². The van der Waals surface area contributed by atoms with Crippen LogP contribution in [0.15, 0.2) is 101 Å². The minimum atomic E-state index is -0.808. The molecule has 2 heterocycles. The Labute approximate surface area is 190 Å². The summed E-state index contributed by atoms with van der Waals surface area (Å²) in [6, 6.07) is 24.2. The SMILES string of the molecule is CCOc1ccc(N2C(=O)C(O)=C(C(=O)c3cc4ccccc4o3)C2c2ccccc2)cc1. The summed E-state index contributed by atoms with van der Waals surface area (Å²) in [7, 11) is 0. The standard InChI is InChI=1S/C27H21NO5/c1-2-32-20-14-12-19(13-15-20)28-24(17-8-4-3-5-9-17)23(26(30)27(28)31)25(29)22-16-18-10-6-7-11-21(18)33-22/h3-16,24,30H,2H2,1H3. The Morgan fingerprint density at radius 1 is 1.00 bits per heavy atom. The molecule has 1 aromatic heterocycles. The van der Waals surface area contributed by atoms with Gasteiger partial charge in [-0.2, -0.15) is 0 Å². The number of rotatable bonds is 6. The normalized spacial score (nSPS) is 16.0. The van der Waals surface area contributed by atoms with Crippen molar-refractivity contribution < 1.29 is 23.8 Å². The third-order valence-electron chi connectivity index (χ3n) is 5.64. The lowest BCUT2D eigenvalue weighted by Gasteiger charge is -2.27. The molecule has 1 N–H and O–H groups in total. The number of ketones is 1. The van der Waals surface area contributed by atoms with Gasteiger partial charge in [-0.25, -0.2) is 0 Å². The highest BCUT2D eigenvalue weighted by Gasteiger charge is 2.45. The maximum absolute atomic E-state index is 13.6. The van der Waals surface area contributed by atoms with Crippen molar-refractivity contribution in [2.45, 2.75) is 13.0 Å². The Hall–Kier alpha value is -4.32. The zero-order chi connectivity index (χ0) is 22.9. The Morgan fingerprint density at radius 3 is 2.39 bits per heavy atom. The van der Waals surface area contributed by atoms with Crippen LogP contribution < -0.4 is 9.64 Å². The first-order chi connectivity index (χ1) is 16.1. The summed E-state index contributed by atoms with van der Waals surface area (Å²) in [5, 5.41) is 11.6. The van der Waals surface area contributed by atoms with Gasteiger partial charge >= 0.3 is 0 Å². The number of nitrogens with zero attached hydrogens (tertiary/aromatic N) is 1. The summed E-state index contributed by atoms with van der Waals surface area (Å²) in [5.74, 6) is -1.02. The van der Waals surface area contributed by atoms with E-state index < -0.39 is 23.5 Å². The van der Waals surface area contributed by atoms with Crippen molar-refractivity contribution in [1.29, 1.82) is 0 Å². The predicted octanol–water partition coefficient (Wildman–Crippen LogP) is 5.61. The van der Waals surface area contributed by atoms with Gasteiger partial charge in [0.15, 0.2) is 11.5 Å². The number of anilines is 1. The summed E-state index contributed by atoms with van der Waals surface area (Å²) >= 11 is 0. The van der Waals surface area contributed by atoms with Crippen LogP contribution >= 0.6 is 0 Å². The molecule has 0 spiro atoms. The lowest BCUT2D eigenvalue weighted by atomic mass is 9.95. The summed E-state index contributed by atoms with van der Waals surface area (Å²) in [6.45, 7) is 2.41. The van der Waals surface area contributed by atoms with E-state index in [0.29, 0.717) is 29.2 Å². The van der Waals surface area contributed by atoms with Gasteiger partial charge in [0.1, 0.15) is 11.3 Å². The van der Waals surface area contributed by atoms with E-state index in [1.54, 1.807) is 36.4 Å². The topological polar surface area (TPSA) is 80.0 Å². The van der Waals surface area contributed by atoms with Crippen molar-refractivity contribution in [2.24, 2.45) is 0 Å². The van der Waals surface area contributed by atoms with E-state index in [2.05, 4.69) is 0 Å². The monoisotopic (exact) mass is 439 g/mol. The molecule has 6 heteroatoms. The number of hydrogen-bond donors (Lipinski definition) is 1. The van der Waals surface area contributed by atoms with Crippen LogP contribution in [-0.2, 0) is 4.79 Å². The highest BCUT2D eigenvalue weighted by molar-refractivity contribution is 6.20. The van der Waals surface area contributed by atoms with Crippen molar-refractivity contribution in [1.82, 2.24) is 0 Å². The average molecular weight is 439 g/mol. The smallest absolute Gasteiger partial charge is 0.294 e. The molecule has 5 rings (SSSR count). The zero-order valence-electron chi connectivity index (χ0n) is 17.9. The number of Topliss-reactive ketones (excluding diaryl/α,β-unsaturated/α-hetero) is 1. The van der Waals surface area contributed by atoms with Gasteiger partial charge in [0.2, 0.25) is 5.78 Å². The number of benzene rings is 3. The highest BCUT2D eigenvalue weighted by Crippen LogP contribution is 2.42. The largest absolute Gasteiger partial charge is 0.503 e. The molecule has 6 nitrogen and oxygen atoms in total. The number of para-hydroxylation sites is 1. The van der Waals surface area contributed by atoms with Crippen molar-refractivity contribution >= 4 is 28.3 Å². The van der Waals surface area contributed by atoms with Crippen LogP contribution in [0.4, 0.5) is 5.69 Å². The molecule has 1 unspecified atom stereocenters. The molecule has 0 bridgehead atoms. The van der Waals surface area contributed by atoms with Gasteiger partial charge in [-0.1, -0.05) is 48.5 Å². The van der Waals surface area contributed by atoms with Gasteiger partial charge in [0, 0.05) is 11.1 Å². The minimum absolute atomic E-state index is 0.0147. The maximum Gasteiger partial charge on any atom is 0.294 e. The fraction of sp³-hybridized carbons (Fsp3) is 0.111. The third kappa shape index (κ3) is 3.55. The van der Waals surface area contributed by atoms with Crippen LogP contribution in [0.3, 0.4) is 0 Å². The first kappa shape index (κ1) is 20.6. The third-order valence-corrected chi connectivity index (χ3v) is 5.64. The molecule has 0 saturated heterocycles. The van der Waals surface area contributed by atoms with Gasteiger partial charge in [0.25, 0.3) is 5.91 Å². The number of ether oxygens (including phenoxy) is 1. The predicted molar refractivity (Wildman–Crippen MR) is 124 cm³/mol. The van der Waals surface area contributed by atoms with Crippen molar-refractivity contribution in [3.8, 4) is 5.75 Å². The van der Waals surface area contributed by atoms with Gasteiger partial charge in [-0.3, -0.25) is 14.5 Å². The maximum atomic E-state index is 13.6. The number of carbonyl (C=O) groups excluding carboxylic acids is 2. The highest BCUT2D eigenvalue weighted by atomic mass is 16.5. The first-order valence-corrected chi connectivity index (χ1v) is 10.7. The summed E-state index contributed by atoms with van der Waals surface area (Å²) < 4.78 is 11.3. The molecule has 0 radical (unpaired) electrons.